The van der Waals surface area contributed by atoms with Crippen molar-refractivity contribution in [2.24, 2.45) is 18.7 Å². The Morgan fingerprint density at radius 3 is 2.68 bits per heavy atom. The Hall–Kier alpha value is -2.94. The molecule has 1 aliphatic carbocycles. The molecular formula is C25H34FN5O3. The molecule has 1 saturated carbocycles. The number of fused-ring (bicyclic) bond motifs is 2. The molecule has 184 valence electrons. The second-order valence-electron chi connectivity index (χ2n) is 10.5. The summed E-state index contributed by atoms with van der Waals surface area (Å²) in [5, 5.41) is 7.01. The first-order chi connectivity index (χ1) is 15.9. The number of likely N-dealkylation sites (tertiary alicyclic amines) is 1. The molecule has 4 rings (SSSR count). The van der Waals surface area contributed by atoms with Gasteiger partial charge in [-0.05, 0) is 70.1 Å². The van der Waals surface area contributed by atoms with Crippen LogP contribution in [0.2, 0.25) is 0 Å². The van der Waals surface area contributed by atoms with Crippen molar-refractivity contribution in [3.63, 3.8) is 0 Å². The highest BCUT2D eigenvalue weighted by atomic mass is 19.1. The van der Waals surface area contributed by atoms with E-state index >= 15 is 0 Å². The molecule has 0 radical (unpaired) electrons. The van der Waals surface area contributed by atoms with Gasteiger partial charge < -0.3 is 15.8 Å². The van der Waals surface area contributed by atoms with Crippen LogP contribution in [0.1, 0.15) is 51.3 Å². The fraction of sp³-hybridized carbons (Fsp3) is 0.560. The second-order valence-corrected chi connectivity index (χ2v) is 10.5. The number of amides is 2. The number of aromatic nitrogens is 2. The second kappa shape index (κ2) is 9.02. The summed E-state index contributed by atoms with van der Waals surface area (Å²) in [5.74, 6) is -0.613. The number of hydrogen-bond donors (Lipinski definition) is 2. The van der Waals surface area contributed by atoms with E-state index in [9.17, 15) is 14.0 Å². The quantitative estimate of drug-likeness (QED) is 0.652. The van der Waals surface area contributed by atoms with Crippen molar-refractivity contribution >= 4 is 12.0 Å². The minimum Gasteiger partial charge on any atom is -0.444 e. The number of piperidine rings is 1. The number of ether oxygens (including phenoxy) is 1. The lowest BCUT2D eigenvalue weighted by atomic mass is 9.97. The zero-order valence-electron chi connectivity index (χ0n) is 20.5. The van der Waals surface area contributed by atoms with Gasteiger partial charge in [-0.15, -0.1) is 0 Å². The van der Waals surface area contributed by atoms with Gasteiger partial charge in [-0.1, -0.05) is 12.1 Å². The van der Waals surface area contributed by atoms with E-state index in [2.05, 4.69) is 10.4 Å². The first-order valence-corrected chi connectivity index (χ1v) is 11.8. The maximum absolute atomic E-state index is 14.9. The van der Waals surface area contributed by atoms with E-state index in [1.807, 2.05) is 20.0 Å². The van der Waals surface area contributed by atoms with E-state index < -0.39 is 23.9 Å². The summed E-state index contributed by atoms with van der Waals surface area (Å²) in [6.45, 7) is 7.34. The average Bonchev–Trinajstić information content (AvgIpc) is 3.44. The number of rotatable bonds is 5. The summed E-state index contributed by atoms with van der Waals surface area (Å²) >= 11 is 0. The SMILES string of the molecule is Cc1c(-c2ccc(CC(N)NC(=O)C3C4CCC(C4)N3C(=O)OC(C)(C)C)c(F)c2)cnn1C. The lowest BCUT2D eigenvalue weighted by Crippen LogP contribution is -2.57. The molecule has 9 heteroatoms. The van der Waals surface area contributed by atoms with Gasteiger partial charge >= 0.3 is 6.09 Å². The number of halogens is 1. The van der Waals surface area contributed by atoms with Crippen LogP contribution in [-0.2, 0) is 23.0 Å². The number of carbonyl (C=O) groups is 2. The third kappa shape index (κ3) is 4.80. The van der Waals surface area contributed by atoms with Crippen molar-refractivity contribution in [1.82, 2.24) is 20.0 Å². The molecule has 2 amide bonds. The molecule has 34 heavy (non-hydrogen) atoms. The van der Waals surface area contributed by atoms with E-state index in [0.717, 1.165) is 36.1 Å². The summed E-state index contributed by atoms with van der Waals surface area (Å²) in [5.41, 5.74) is 8.50. The van der Waals surface area contributed by atoms with Crippen molar-refractivity contribution in [2.75, 3.05) is 0 Å². The Morgan fingerprint density at radius 2 is 2.06 bits per heavy atom. The van der Waals surface area contributed by atoms with Crippen LogP contribution >= 0.6 is 0 Å². The molecule has 1 saturated heterocycles. The number of hydrogen-bond acceptors (Lipinski definition) is 5. The van der Waals surface area contributed by atoms with E-state index in [1.165, 1.54) is 6.07 Å². The largest absolute Gasteiger partial charge is 0.444 e. The van der Waals surface area contributed by atoms with Gasteiger partial charge in [0, 0.05) is 30.8 Å². The van der Waals surface area contributed by atoms with Crippen LogP contribution in [-0.4, -0.2) is 50.5 Å². The highest BCUT2D eigenvalue weighted by Gasteiger charge is 2.52. The molecule has 2 heterocycles. The highest BCUT2D eigenvalue weighted by Crippen LogP contribution is 2.43. The minimum absolute atomic E-state index is 0.00717. The number of benzene rings is 1. The normalized spacial score (nSPS) is 22.7. The van der Waals surface area contributed by atoms with Gasteiger partial charge in [0.2, 0.25) is 5.91 Å². The zero-order chi connectivity index (χ0) is 24.8. The summed E-state index contributed by atoms with van der Waals surface area (Å²) < 4.78 is 22.1. The number of carbonyl (C=O) groups excluding carboxylic acids is 2. The summed E-state index contributed by atoms with van der Waals surface area (Å²) in [4.78, 5) is 27.5. The molecule has 2 aromatic rings. The Morgan fingerprint density at radius 1 is 1.32 bits per heavy atom. The lowest BCUT2D eigenvalue weighted by Gasteiger charge is -2.36. The Bertz CT molecular complexity index is 1090. The maximum atomic E-state index is 14.9. The molecule has 4 unspecified atom stereocenters. The first-order valence-electron chi connectivity index (χ1n) is 11.8. The van der Waals surface area contributed by atoms with Gasteiger partial charge in [-0.25, -0.2) is 9.18 Å². The van der Waals surface area contributed by atoms with Gasteiger partial charge in [0.15, 0.2) is 0 Å². The molecule has 0 spiro atoms. The van der Waals surface area contributed by atoms with Crippen LogP contribution in [0.15, 0.2) is 24.4 Å². The number of nitrogens with zero attached hydrogens (tertiary/aromatic N) is 3. The van der Waals surface area contributed by atoms with Gasteiger partial charge in [0.1, 0.15) is 17.5 Å². The van der Waals surface area contributed by atoms with E-state index in [1.54, 1.807) is 42.6 Å². The van der Waals surface area contributed by atoms with Gasteiger partial charge in [-0.2, -0.15) is 5.10 Å². The molecule has 1 aliphatic heterocycles. The smallest absolute Gasteiger partial charge is 0.411 e. The average molecular weight is 472 g/mol. The Labute approximate surface area is 199 Å². The van der Waals surface area contributed by atoms with Crippen LogP contribution in [0.3, 0.4) is 0 Å². The van der Waals surface area contributed by atoms with Crippen molar-refractivity contribution in [3.8, 4) is 11.1 Å². The minimum atomic E-state index is -0.785. The standard InChI is InChI=1S/C25H34FN5O3/c1-14-19(13-28-30(14)5)15-6-7-16(20(26)11-15)12-21(27)29-23(32)22-17-8-9-18(10-17)31(22)24(33)34-25(2,3)4/h6-7,11,13,17-18,21-22H,8-10,12,27H2,1-5H3,(H,29,32). The molecule has 3 N–H and O–H groups in total. The molecule has 2 aliphatic rings. The van der Waals surface area contributed by atoms with Crippen LogP contribution in [0, 0.1) is 18.7 Å². The fourth-order valence-electron chi connectivity index (χ4n) is 5.12. The van der Waals surface area contributed by atoms with Gasteiger partial charge in [0.25, 0.3) is 0 Å². The molecule has 8 nitrogen and oxygen atoms in total. The predicted octanol–water partition coefficient (Wildman–Crippen LogP) is 3.27. The molecular weight excluding hydrogens is 437 g/mol. The first kappa shape index (κ1) is 24.2. The van der Waals surface area contributed by atoms with Crippen molar-refractivity contribution in [2.45, 2.75) is 77.2 Å². The molecule has 2 bridgehead atoms. The number of nitrogens with one attached hydrogen (secondary N) is 1. The lowest BCUT2D eigenvalue weighted by molar-refractivity contribution is -0.128. The number of nitrogens with two attached hydrogens (primary N) is 1. The van der Waals surface area contributed by atoms with Crippen molar-refractivity contribution in [3.05, 3.63) is 41.5 Å². The van der Waals surface area contributed by atoms with E-state index in [-0.39, 0.29) is 30.1 Å². The van der Waals surface area contributed by atoms with Crippen LogP contribution in [0.5, 0.6) is 0 Å². The van der Waals surface area contributed by atoms with E-state index in [0.29, 0.717) is 5.56 Å². The molecule has 1 aromatic carbocycles. The number of aryl methyl sites for hydroxylation is 1. The Balaban J connectivity index is 1.42. The molecule has 2 fully saturated rings. The maximum Gasteiger partial charge on any atom is 0.411 e. The van der Waals surface area contributed by atoms with Crippen molar-refractivity contribution in [1.29, 1.82) is 0 Å². The van der Waals surface area contributed by atoms with E-state index in [4.69, 9.17) is 10.5 Å². The summed E-state index contributed by atoms with van der Waals surface area (Å²) in [7, 11) is 1.84. The van der Waals surface area contributed by atoms with Gasteiger partial charge in [-0.3, -0.25) is 14.4 Å². The summed E-state index contributed by atoms with van der Waals surface area (Å²) in [6.07, 6.45) is 3.14. The van der Waals surface area contributed by atoms with Crippen LogP contribution in [0.25, 0.3) is 11.1 Å². The van der Waals surface area contributed by atoms with Crippen LogP contribution < -0.4 is 11.1 Å². The third-order valence-corrected chi connectivity index (χ3v) is 6.82. The summed E-state index contributed by atoms with van der Waals surface area (Å²) in [6, 6.07) is 4.38. The fourth-order valence-corrected chi connectivity index (χ4v) is 5.12. The van der Waals surface area contributed by atoms with Gasteiger partial charge in [0.05, 0.1) is 12.4 Å². The molecule has 4 atom stereocenters. The van der Waals surface area contributed by atoms with Crippen molar-refractivity contribution < 1.29 is 18.7 Å². The molecule has 1 aromatic heterocycles. The predicted molar refractivity (Wildman–Crippen MR) is 126 cm³/mol. The van der Waals surface area contributed by atoms with Crippen LogP contribution in [0.4, 0.5) is 9.18 Å². The topological polar surface area (TPSA) is 102 Å². The third-order valence-electron chi connectivity index (χ3n) is 6.82. The monoisotopic (exact) mass is 471 g/mol. The Kier molecular flexibility index (Phi) is 6.42. The highest BCUT2D eigenvalue weighted by molar-refractivity contribution is 5.87. The zero-order valence-corrected chi connectivity index (χ0v) is 20.5.